The van der Waals surface area contributed by atoms with Gasteiger partial charge in [0, 0.05) is 11.1 Å². The molecular formula is C26H14N4Na4O12S4. The van der Waals surface area contributed by atoms with Crippen molar-refractivity contribution < 1.29 is 170 Å². The molecule has 0 fully saturated rings. The second kappa shape index (κ2) is 16.4. The average Bonchev–Trinajstić information content (AvgIpc) is 3.70. The molecule has 2 aliphatic heterocycles. The van der Waals surface area contributed by atoms with E-state index in [1.54, 1.807) is 0 Å². The quantitative estimate of drug-likeness (QED) is 0.125. The van der Waals surface area contributed by atoms with Crippen molar-refractivity contribution in [3.63, 3.8) is 0 Å². The Labute approximate surface area is 373 Å². The number of benzene rings is 1. The summed E-state index contributed by atoms with van der Waals surface area (Å²) in [6.45, 7) is 0. The molecule has 8 bridgehead atoms. The Kier molecular flexibility index (Phi) is 15.0. The summed E-state index contributed by atoms with van der Waals surface area (Å²) in [5.41, 5.74) is -5.06. The smallest absolute Gasteiger partial charge is 0.744 e. The van der Waals surface area contributed by atoms with Crippen LogP contribution < -0.4 is 118 Å². The van der Waals surface area contributed by atoms with Gasteiger partial charge in [-0.1, -0.05) is 30.3 Å². The Morgan fingerprint density at radius 3 is 1.52 bits per heavy atom. The van der Waals surface area contributed by atoms with Crippen molar-refractivity contribution in [2.75, 3.05) is 0 Å². The summed E-state index contributed by atoms with van der Waals surface area (Å²) in [6, 6.07) is 10.5. The number of fused-ring (bicyclic) bond motifs is 8. The Morgan fingerprint density at radius 1 is 0.580 bits per heavy atom. The van der Waals surface area contributed by atoms with Gasteiger partial charge in [0.1, 0.15) is 35.2 Å². The third kappa shape index (κ3) is 9.21. The molecule has 5 heterocycles. The van der Waals surface area contributed by atoms with Gasteiger partial charge in [0.05, 0.1) is 49.1 Å². The van der Waals surface area contributed by atoms with Gasteiger partial charge < -0.3 is 23.2 Å². The first kappa shape index (κ1) is 45.6. The molecule has 24 heteroatoms. The fourth-order valence-electron chi connectivity index (χ4n) is 5.06. The Bertz CT molecular complexity index is 2700. The van der Waals surface area contributed by atoms with Crippen LogP contribution in [-0.4, -0.2) is 70.8 Å². The van der Waals surface area contributed by atoms with Crippen LogP contribution in [0.25, 0.3) is 57.5 Å². The molecule has 16 nitrogen and oxygen atoms in total. The van der Waals surface area contributed by atoms with E-state index < -0.39 is 81.4 Å². The van der Waals surface area contributed by atoms with Gasteiger partial charge in [-0.05, 0) is 54.1 Å². The van der Waals surface area contributed by atoms with Crippen LogP contribution >= 0.6 is 0 Å². The fourth-order valence-corrected chi connectivity index (χ4v) is 8.51. The Hall–Kier alpha value is -0.540. The number of aromatic nitrogens is 4. The molecule has 4 aromatic rings. The van der Waals surface area contributed by atoms with Crippen LogP contribution in [0.15, 0.2) is 69.3 Å². The van der Waals surface area contributed by atoms with Crippen molar-refractivity contribution >= 4 is 87.0 Å². The van der Waals surface area contributed by atoms with Crippen molar-refractivity contribution in [1.29, 1.82) is 0 Å². The zero-order valence-electron chi connectivity index (χ0n) is 26.4. The number of rotatable bonds is 5. The first-order valence-corrected chi connectivity index (χ1v) is 18.0. The number of H-pyrrole nitrogens is 1. The second-order valence-corrected chi connectivity index (χ2v) is 14.9. The maximum absolute atomic E-state index is 13.0. The maximum Gasteiger partial charge on any atom is 1.00 e. The van der Waals surface area contributed by atoms with E-state index in [0.717, 1.165) is 12.1 Å². The summed E-state index contributed by atoms with van der Waals surface area (Å²) in [4.78, 5) is 5.63. The molecular weight excluding hydrogens is 781 g/mol. The minimum Gasteiger partial charge on any atom is -0.744 e. The van der Waals surface area contributed by atoms with Gasteiger partial charge in [0.25, 0.3) is 0 Å². The number of aromatic amines is 1. The van der Waals surface area contributed by atoms with E-state index in [9.17, 15) is 51.9 Å². The molecule has 0 saturated carbocycles. The standard InChI is InChI=1S/C26H18N4O12S4.4Na/c31-43(32,33)21-13-19-11-17-7-6-15(27-17)10-16-8-9-18(28-16)12-20-22(14-4-2-1-3-5-14)25(44(34,35)36)24(30(20)46(40,41)42)26(23(21)29-19)45(37,38)39;;;;/h1-13,29H,(H,31,32,33)(H,34,35,36)(H,37,38,39)(H,40,41,42);;;;/q;4*+1/p-4. The summed E-state index contributed by atoms with van der Waals surface area (Å²) in [6.07, 6.45) is 5.71. The zero-order chi connectivity index (χ0) is 33.4. The molecule has 50 heavy (non-hydrogen) atoms. The van der Waals surface area contributed by atoms with Crippen molar-refractivity contribution in [2.45, 2.75) is 14.7 Å². The van der Waals surface area contributed by atoms with Crippen LogP contribution in [0.5, 0.6) is 0 Å². The number of nitrogens with one attached hydrogen (secondary N) is 1. The van der Waals surface area contributed by atoms with E-state index in [4.69, 9.17) is 0 Å². The molecule has 0 unspecified atom stereocenters. The summed E-state index contributed by atoms with van der Waals surface area (Å²) in [7, 11) is -24.2. The first-order chi connectivity index (χ1) is 21.3. The number of hydrogen-bond acceptors (Lipinski definition) is 14. The molecule has 238 valence electrons. The molecule has 6 rings (SSSR count). The van der Waals surface area contributed by atoms with E-state index in [2.05, 4.69) is 15.0 Å². The van der Waals surface area contributed by atoms with Crippen molar-refractivity contribution in [1.82, 2.24) is 18.9 Å². The van der Waals surface area contributed by atoms with Gasteiger partial charge in [-0.15, -0.1) is 0 Å². The minimum absolute atomic E-state index is 0. The molecule has 0 amide bonds. The second-order valence-electron chi connectivity index (χ2n) is 9.70. The van der Waals surface area contributed by atoms with Crippen molar-refractivity contribution in [3.05, 3.63) is 77.4 Å². The molecule has 2 aliphatic rings. The molecule has 1 aromatic carbocycles. The van der Waals surface area contributed by atoms with E-state index in [0.29, 0.717) is 11.8 Å². The average molecular weight is 795 g/mol. The summed E-state index contributed by atoms with van der Waals surface area (Å²) in [5, 5.41) is 0. The third-order valence-corrected chi connectivity index (χ3v) is 10.2. The zero-order valence-corrected chi connectivity index (χ0v) is 37.6. The maximum atomic E-state index is 13.0. The number of nitrogens with zero attached hydrogens (tertiary/aromatic N) is 3. The summed E-state index contributed by atoms with van der Waals surface area (Å²) in [5.74, 6) is 0. The van der Waals surface area contributed by atoms with E-state index in [-0.39, 0.29) is 146 Å². The fraction of sp³-hybridized carbons (Fsp3) is 0. The molecule has 3 aromatic heterocycles. The normalized spacial score (nSPS) is 12.6. The third-order valence-electron chi connectivity index (χ3n) is 6.67. The van der Waals surface area contributed by atoms with Crippen LogP contribution in [0.1, 0.15) is 22.8 Å². The van der Waals surface area contributed by atoms with Crippen LogP contribution in [0.4, 0.5) is 0 Å². The van der Waals surface area contributed by atoms with Crippen LogP contribution in [0, 0.1) is 0 Å². The minimum atomic E-state index is -6.27. The van der Waals surface area contributed by atoms with Gasteiger partial charge >= 0.3 is 118 Å². The van der Waals surface area contributed by atoms with Crippen molar-refractivity contribution in [2.24, 2.45) is 0 Å². The molecule has 1 N–H and O–H groups in total. The molecule has 0 atom stereocenters. The SMILES string of the molecule is O=S(=O)([O-])c1cc2cc3nc(cc4nc(cc5c(-c6ccccc6)c(S(=O)(=O)[O-])c(c(S(=O)(=O)[O-])c1[nH]2)n5S(=O)(=O)[O-])C=C4)C=C3.[Na+].[Na+].[Na+].[Na+]. The molecule has 0 radical (unpaired) electrons. The molecule has 0 aliphatic carbocycles. The van der Waals surface area contributed by atoms with Gasteiger partial charge in [0.15, 0.2) is 10.3 Å². The first-order valence-electron chi connectivity index (χ1n) is 12.4. The molecule has 0 spiro atoms. The van der Waals surface area contributed by atoms with Gasteiger partial charge in [-0.2, -0.15) is 0 Å². The van der Waals surface area contributed by atoms with Crippen LogP contribution in [0.3, 0.4) is 0 Å². The monoisotopic (exact) mass is 794 g/mol. The van der Waals surface area contributed by atoms with Crippen LogP contribution in [-0.2, 0) is 40.7 Å². The number of hydrogen-bond donors (Lipinski definition) is 1. The van der Waals surface area contributed by atoms with E-state index in [1.165, 1.54) is 60.7 Å². The predicted octanol–water partition coefficient (Wildman–Crippen LogP) is -10.2. The predicted molar refractivity (Wildman–Crippen MR) is 157 cm³/mol. The van der Waals surface area contributed by atoms with E-state index in [1.807, 2.05) is 0 Å². The van der Waals surface area contributed by atoms with Gasteiger partial charge in [0.2, 0.25) is 0 Å². The van der Waals surface area contributed by atoms with Crippen LogP contribution in [0.2, 0.25) is 0 Å². The molecule has 0 saturated heterocycles. The largest absolute Gasteiger partial charge is 1.00 e. The van der Waals surface area contributed by atoms with Gasteiger partial charge in [-0.3, -0.25) is 0 Å². The topological polar surface area (TPSA) is 275 Å². The summed E-state index contributed by atoms with van der Waals surface area (Å²) < 4.78 is 153. The van der Waals surface area contributed by atoms with E-state index >= 15 is 0 Å². The summed E-state index contributed by atoms with van der Waals surface area (Å²) >= 11 is 0. The van der Waals surface area contributed by atoms with Gasteiger partial charge in [-0.25, -0.2) is 47.6 Å². The Morgan fingerprint density at radius 2 is 1.06 bits per heavy atom. The Balaban J connectivity index is 0.00000217. The van der Waals surface area contributed by atoms with Crippen molar-refractivity contribution in [3.8, 4) is 11.1 Å².